The number of nitrogens with one attached hydrogen (secondary N) is 1. The van der Waals surface area contributed by atoms with E-state index in [9.17, 15) is 50.8 Å². The van der Waals surface area contributed by atoms with Gasteiger partial charge < -0.3 is 75.0 Å². The average molecular weight is 1030 g/mol. The monoisotopic (exact) mass is 1030 g/mol. The fourth-order valence-corrected chi connectivity index (χ4v) is 10.6. The molecule has 3 aliphatic rings. The van der Waals surface area contributed by atoms with Crippen LogP contribution in [-0.4, -0.2) is 164 Å². The van der Waals surface area contributed by atoms with E-state index in [4.69, 9.17) is 23.7 Å². The van der Waals surface area contributed by atoms with Gasteiger partial charge >= 0.3 is 0 Å². The smallest absolute Gasteiger partial charge is 0.251 e. The number of carbonyl (C=O) groups excluding carboxylic acids is 1. The number of unbranched alkanes of at least 4 members (excludes halogenated alkanes) is 31. The topological polar surface area (TPSA) is 257 Å². The van der Waals surface area contributed by atoms with Crippen LogP contribution in [0.1, 0.15) is 239 Å². The van der Waals surface area contributed by atoms with E-state index in [1.54, 1.807) is 0 Å². The molecule has 0 aromatic heterocycles. The first-order valence-electron chi connectivity index (χ1n) is 29.5. The third-order valence-electron chi connectivity index (χ3n) is 15.4. The lowest BCUT2D eigenvalue weighted by atomic mass is 9.95. The zero-order valence-corrected chi connectivity index (χ0v) is 45.0. The Kier molecular flexibility index (Phi) is 36.4. The molecule has 3 heterocycles. The van der Waals surface area contributed by atoms with Crippen LogP contribution < -0.4 is 5.32 Å². The molecule has 15 atom stereocenters. The van der Waals surface area contributed by atoms with E-state index in [2.05, 4.69) is 19.2 Å². The summed E-state index contributed by atoms with van der Waals surface area (Å²) in [7, 11) is 0. The summed E-state index contributed by atoms with van der Waals surface area (Å²) in [6, 6.07) is -1.15. The van der Waals surface area contributed by atoms with E-state index in [-0.39, 0.29) is 0 Å². The number of amides is 1. The summed E-state index contributed by atoms with van der Waals surface area (Å²) in [5.41, 5.74) is 0. The van der Waals surface area contributed by atoms with Crippen LogP contribution >= 0.6 is 0 Å². The van der Waals surface area contributed by atoms with Gasteiger partial charge in [0.1, 0.15) is 54.9 Å². The highest BCUT2D eigenvalue weighted by Crippen LogP contribution is 2.31. The molecule has 0 aromatic carbocycles. The Balaban J connectivity index is 1.50. The average Bonchev–Trinajstić information content (AvgIpc) is 3.38. The summed E-state index contributed by atoms with van der Waals surface area (Å²) in [6.07, 6.45) is 20.9. The molecule has 1 amide bonds. The molecule has 3 saturated heterocycles. The Bertz CT molecular complexity index is 1300. The third kappa shape index (κ3) is 24.9. The second-order valence-corrected chi connectivity index (χ2v) is 21.6. The Morgan fingerprint density at radius 2 is 0.764 bits per heavy atom. The minimum absolute atomic E-state index is 0.451. The number of carbonyl (C=O) groups is 1. The maximum absolute atomic E-state index is 13.6. The number of ether oxygens (including phenoxy) is 5. The van der Waals surface area contributed by atoms with Crippen LogP contribution in [0, 0.1) is 0 Å². The molecule has 0 aromatic rings. The van der Waals surface area contributed by atoms with Gasteiger partial charge in [0, 0.05) is 0 Å². The van der Waals surface area contributed by atoms with Gasteiger partial charge in [0.15, 0.2) is 18.7 Å². The summed E-state index contributed by atoms with van der Waals surface area (Å²) in [4.78, 5) is 13.6. The van der Waals surface area contributed by atoms with Crippen molar-refractivity contribution in [3.05, 3.63) is 0 Å². The van der Waals surface area contributed by atoms with E-state index in [1.807, 2.05) is 0 Å². The molecule has 3 fully saturated rings. The maximum Gasteiger partial charge on any atom is 0.251 e. The van der Waals surface area contributed by atoms with Crippen LogP contribution in [0.25, 0.3) is 0 Å². The first-order valence-corrected chi connectivity index (χ1v) is 29.5. The highest BCUT2D eigenvalue weighted by Gasteiger charge is 2.51. The van der Waals surface area contributed by atoms with E-state index < -0.39 is 118 Å². The number of rotatable bonds is 42. The number of hydrogen-bond donors (Lipinski definition) is 10. The SMILES string of the molecule is CCCCCCCCCCCCCCCCCCCCCCCC1O[C@H](CCCCCCCCCCCCCC)[C@@H](O)[C@H](COC2OC(CO)C(O)C(O)C2OC2OC(CO)C(O)C(O)C2O)NC(=O)[C@@H]1O. The molecule has 426 valence electrons. The van der Waals surface area contributed by atoms with Crippen molar-refractivity contribution >= 4 is 5.91 Å². The second-order valence-electron chi connectivity index (χ2n) is 21.6. The van der Waals surface area contributed by atoms with Gasteiger partial charge in [-0.3, -0.25) is 4.79 Å². The third-order valence-corrected chi connectivity index (χ3v) is 15.4. The highest BCUT2D eigenvalue weighted by molar-refractivity contribution is 5.81. The molecule has 0 aliphatic carbocycles. The molecular weight excluding hydrogens is 927 g/mol. The summed E-state index contributed by atoms with van der Waals surface area (Å²) in [5, 5.41) is 98.9. The maximum atomic E-state index is 13.6. The Morgan fingerprint density at radius 3 is 1.17 bits per heavy atom. The van der Waals surface area contributed by atoms with Gasteiger partial charge in [0.2, 0.25) is 0 Å². The zero-order valence-electron chi connectivity index (χ0n) is 45.0. The summed E-state index contributed by atoms with van der Waals surface area (Å²) in [6.45, 7) is 2.58. The minimum Gasteiger partial charge on any atom is -0.394 e. The van der Waals surface area contributed by atoms with Gasteiger partial charge in [-0.1, -0.05) is 226 Å². The fraction of sp³-hybridized carbons (Fsp3) is 0.982. The van der Waals surface area contributed by atoms with Gasteiger partial charge in [-0.25, -0.2) is 0 Å². The largest absolute Gasteiger partial charge is 0.394 e. The molecule has 10 N–H and O–H groups in total. The van der Waals surface area contributed by atoms with Gasteiger partial charge in [-0.15, -0.1) is 0 Å². The van der Waals surface area contributed by atoms with E-state index in [1.165, 1.54) is 161 Å². The van der Waals surface area contributed by atoms with Crippen molar-refractivity contribution in [2.24, 2.45) is 0 Å². The molecule has 16 nitrogen and oxygen atoms in total. The summed E-state index contributed by atoms with van der Waals surface area (Å²) in [5.74, 6) is -0.748. The molecular formula is C56H107NO15. The van der Waals surface area contributed by atoms with Crippen molar-refractivity contribution in [1.29, 1.82) is 0 Å². The Morgan fingerprint density at radius 1 is 0.403 bits per heavy atom. The minimum atomic E-state index is -1.85. The lowest BCUT2D eigenvalue weighted by molar-refractivity contribution is -0.368. The predicted octanol–water partition coefficient (Wildman–Crippen LogP) is 7.29. The van der Waals surface area contributed by atoms with Crippen molar-refractivity contribution < 1.29 is 74.4 Å². The molecule has 0 saturated carbocycles. The molecule has 0 radical (unpaired) electrons. The van der Waals surface area contributed by atoms with Crippen molar-refractivity contribution in [3.63, 3.8) is 0 Å². The molecule has 72 heavy (non-hydrogen) atoms. The zero-order chi connectivity index (χ0) is 52.4. The number of aliphatic hydroxyl groups is 9. The van der Waals surface area contributed by atoms with Crippen LogP contribution in [0.2, 0.25) is 0 Å². The first kappa shape index (κ1) is 65.2. The second kappa shape index (κ2) is 40.2. The van der Waals surface area contributed by atoms with Gasteiger partial charge in [-0.05, 0) is 12.8 Å². The van der Waals surface area contributed by atoms with Crippen LogP contribution in [-0.2, 0) is 28.5 Å². The van der Waals surface area contributed by atoms with Crippen molar-refractivity contribution in [1.82, 2.24) is 5.32 Å². The van der Waals surface area contributed by atoms with Crippen molar-refractivity contribution in [2.45, 2.75) is 330 Å². The Labute approximate surface area is 434 Å². The van der Waals surface area contributed by atoms with E-state index in [0.717, 1.165) is 51.4 Å². The van der Waals surface area contributed by atoms with E-state index in [0.29, 0.717) is 12.8 Å². The van der Waals surface area contributed by atoms with Gasteiger partial charge in [-0.2, -0.15) is 0 Å². The first-order chi connectivity index (χ1) is 35.0. The quantitative estimate of drug-likeness (QED) is 0.0269. The van der Waals surface area contributed by atoms with Gasteiger partial charge in [0.05, 0.1) is 38.1 Å². The van der Waals surface area contributed by atoms with Crippen LogP contribution in [0.3, 0.4) is 0 Å². The van der Waals surface area contributed by atoms with Gasteiger partial charge in [0.25, 0.3) is 5.91 Å². The van der Waals surface area contributed by atoms with Crippen LogP contribution in [0.15, 0.2) is 0 Å². The normalized spacial score (nSPS) is 31.4. The Hall–Kier alpha value is -1.09. The molecule has 3 aliphatic heterocycles. The lowest BCUT2D eigenvalue weighted by Crippen LogP contribution is -2.65. The lowest BCUT2D eigenvalue weighted by Gasteiger charge is -2.46. The molecule has 3 rings (SSSR count). The molecule has 0 spiro atoms. The van der Waals surface area contributed by atoms with Crippen molar-refractivity contribution in [3.8, 4) is 0 Å². The molecule has 16 heteroatoms. The predicted molar refractivity (Wildman–Crippen MR) is 278 cm³/mol. The number of aliphatic hydroxyl groups excluding tert-OH is 9. The number of hydrogen-bond acceptors (Lipinski definition) is 15. The highest BCUT2D eigenvalue weighted by atomic mass is 16.8. The molecule has 0 bridgehead atoms. The van der Waals surface area contributed by atoms with Crippen LogP contribution in [0.5, 0.6) is 0 Å². The van der Waals surface area contributed by atoms with E-state index >= 15 is 0 Å². The van der Waals surface area contributed by atoms with Crippen LogP contribution in [0.4, 0.5) is 0 Å². The molecule has 11 unspecified atom stereocenters. The summed E-state index contributed by atoms with van der Waals surface area (Å²) >= 11 is 0. The fourth-order valence-electron chi connectivity index (χ4n) is 10.6. The summed E-state index contributed by atoms with van der Waals surface area (Å²) < 4.78 is 29.6. The van der Waals surface area contributed by atoms with Crippen molar-refractivity contribution in [2.75, 3.05) is 19.8 Å². The standard InChI is InChI=1S/C56H107NO15/c1-3-5-7-9-11-13-15-17-18-19-20-21-22-23-24-25-27-29-31-33-35-37-43-49(63)54(67)57-41(46(60)42(69-43)36-34-32-30-28-26-16-14-12-10-8-6-4-2)40-68-56-53(51(65)48(62)45(39-59)71-56)72-55-52(66)50(64)47(61)44(38-58)70-55/h41-53,55-56,58-66H,3-40H2,1-2H3,(H,57,67)/t41-,42+,43?,44?,45?,46-,47?,48?,49+,50?,51?,52?,53?,55?,56?/m0/s1.